The number of hydrogen-bond acceptors (Lipinski definition) is 4. The summed E-state index contributed by atoms with van der Waals surface area (Å²) in [6.45, 7) is 6.83. The highest BCUT2D eigenvalue weighted by atomic mass is 16.6. The minimum Gasteiger partial charge on any atom is -0.444 e. The Morgan fingerprint density at radius 3 is 2.47 bits per heavy atom. The monoisotopic (exact) mass is 216 g/mol. The molecule has 0 spiro atoms. The van der Waals surface area contributed by atoms with Gasteiger partial charge in [0.1, 0.15) is 11.6 Å². The van der Waals surface area contributed by atoms with Crippen LogP contribution in [-0.2, 0) is 9.53 Å². The maximum atomic E-state index is 11.3. The first-order valence-corrected chi connectivity index (χ1v) is 4.74. The summed E-state index contributed by atoms with van der Waals surface area (Å²) in [6.07, 6.45) is -0.652. The van der Waals surface area contributed by atoms with E-state index in [1.807, 2.05) is 0 Å². The van der Waals surface area contributed by atoms with Gasteiger partial charge in [-0.1, -0.05) is 0 Å². The van der Waals surface area contributed by atoms with Crippen LogP contribution in [0.3, 0.4) is 0 Å². The third-order valence-electron chi connectivity index (χ3n) is 2.03. The molecule has 2 amide bonds. The highest BCUT2D eigenvalue weighted by Gasteiger charge is 2.45. The van der Waals surface area contributed by atoms with Crippen LogP contribution in [0.4, 0.5) is 4.79 Å². The Morgan fingerprint density at radius 2 is 2.07 bits per heavy atom. The maximum Gasteiger partial charge on any atom is 0.408 e. The molecule has 6 heteroatoms. The molecule has 1 aliphatic rings. The molecular formula is C9H16N2O4. The molecule has 6 nitrogen and oxygen atoms in total. The lowest BCUT2D eigenvalue weighted by atomic mass is 10.0. The van der Waals surface area contributed by atoms with Crippen molar-refractivity contribution in [3.05, 3.63) is 0 Å². The summed E-state index contributed by atoms with van der Waals surface area (Å²) in [4.78, 5) is 22.4. The van der Waals surface area contributed by atoms with Gasteiger partial charge in [0, 0.05) is 0 Å². The van der Waals surface area contributed by atoms with E-state index in [4.69, 9.17) is 9.94 Å². The van der Waals surface area contributed by atoms with Crippen molar-refractivity contribution in [3.8, 4) is 0 Å². The minimum atomic E-state index is -0.690. The Balaban J connectivity index is 2.44. The molecule has 1 heterocycles. The van der Waals surface area contributed by atoms with Crippen molar-refractivity contribution in [1.29, 1.82) is 0 Å². The Kier molecular flexibility index (Phi) is 2.90. The average Bonchev–Trinajstić information content (AvgIpc) is 2.09. The van der Waals surface area contributed by atoms with Crippen molar-refractivity contribution >= 4 is 12.0 Å². The van der Waals surface area contributed by atoms with E-state index in [1.54, 1.807) is 27.7 Å². The predicted octanol–water partition coefficient (Wildman–Crippen LogP) is 0.500. The minimum absolute atomic E-state index is 0.412. The van der Waals surface area contributed by atoms with Gasteiger partial charge < -0.3 is 10.1 Å². The third-order valence-corrected chi connectivity index (χ3v) is 2.03. The summed E-state index contributed by atoms with van der Waals surface area (Å²) in [7, 11) is 0. The first kappa shape index (κ1) is 11.8. The fourth-order valence-corrected chi connectivity index (χ4v) is 1.23. The van der Waals surface area contributed by atoms with Gasteiger partial charge in [-0.25, -0.2) is 9.86 Å². The Morgan fingerprint density at radius 1 is 1.53 bits per heavy atom. The van der Waals surface area contributed by atoms with Crippen molar-refractivity contribution in [2.45, 2.75) is 45.4 Å². The number of amides is 2. The van der Waals surface area contributed by atoms with Crippen molar-refractivity contribution in [1.82, 2.24) is 10.4 Å². The summed E-state index contributed by atoms with van der Waals surface area (Å²) < 4.78 is 4.97. The molecule has 1 fully saturated rings. The van der Waals surface area contributed by atoms with Crippen LogP contribution in [0.15, 0.2) is 0 Å². The van der Waals surface area contributed by atoms with Gasteiger partial charge in [-0.05, 0) is 27.7 Å². The molecular weight excluding hydrogens is 200 g/mol. The van der Waals surface area contributed by atoms with Crippen LogP contribution in [0.25, 0.3) is 0 Å². The number of hydroxylamine groups is 2. The standard InChI is InChI=1S/C9H16N2O4/c1-5-6(7(12)11(5)14)10-8(13)15-9(2,3)4/h5-6,14H,1-4H3,(H,10,13). The third kappa shape index (κ3) is 2.59. The molecule has 1 saturated heterocycles. The van der Waals surface area contributed by atoms with E-state index < -0.39 is 29.7 Å². The Labute approximate surface area is 88.1 Å². The summed E-state index contributed by atoms with van der Waals surface area (Å²) >= 11 is 0. The lowest BCUT2D eigenvalue weighted by Gasteiger charge is -2.40. The maximum absolute atomic E-state index is 11.3. The normalized spacial score (nSPS) is 25.9. The molecule has 86 valence electrons. The molecule has 2 atom stereocenters. The number of nitrogens with one attached hydrogen (secondary N) is 1. The average molecular weight is 216 g/mol. The Hall–Kier alpha value is -1.30. The van der Waals surface area contributed by atoms with E-state index in [-0.39, 0.29) is 0 Å². The Bertz CT molecular complexity index is 284. The number of carbonyl (C=O) groups is 2. The van der Waals surface area contributed by atoms with Gasteiger partial charge in [-0.2, -0.15) is 0 Å². The van der Waals surface area contributed by atoms with Crippen molar-refractivity contribution in [2.75, 3.05) is 0 Å². The van der Waals surface area contributed by atoms with Crippen LogP contribution in [0.2, 0.25) is 0 Å². The molecule has 0 aliphatic carbocycles. The zero-order valence-corrected chi connectivity index (χ0v) is 9.27. The summed E-state index contributed by atoms with van der Waals surface area (Å²) in [5, 5.41) is 12.0. The van der Waals surface area contributed by atoms with Crippen molar-refractivity contribution in [2.24, 2.45) is 0 Å². The molecule has 2 unspecified atom stereocenters. The first-order valence-electron chi connectivity index (χ1n) is 4.74. The summed E-state index contributed by atoms with van der Waals surface area (Å²) in [6, 6.07) is -1.10. The number of ether oxygens (including phenoxy) is 1. The van der Waals surface area contributed by atoms with Crippen LogP contribution < -0.4 is 5.32 Å². The molecule has 0 saturated carbocycles. The quantitative estimate of drug-likeness (QED) is 0.494. The number of β-lactam (4-membered cyclic amide) rings is 1. The summed E-state index contributed by atoms with van der Waals surface area (Å²) in [5.41, 5.74) is -0.598. The zero-order valence-electron chi connectivity index (χ0n) is 9.27. The van der Waals surface area contributed by atoms with Crippen LogP contribution >= 0.6 is 0 Å². The van der Waals surface area contributed by atoms with E-state index in [2.05, 4.69) is 5.32 Å². The number of rotatable bonds is 1. The highest BCUT2D eigenvalue weighted by molar-refractivity contribution is 5.91. The highest BCUT2D eigenvalue weighted by Crippen LogP contribution is 2.17. The van der Waals surface area contributed by atoms with Crippen LogP contribution in [-0.4, -0.2) is 40.0 Å². The second kappa shape index (κ2) is 3.69. The fraction of sp³-hybridized carbons (Fsp3) is 0.778. The lowest BCUT2D eigenvalue weighted by Crippen LogP contribution is -2.68. The van der Waals surface area contributed by atoms with Crippen LogP contribution in [0.5, 0.6) is 0 Å². The molecule has 2 N–H and O–H groups in total. The number of nitrogens with zero attached hydrogens (tertiary/aromatic N) is 1. The van der Waals surface area contributed by atoms with Gasteiger partial charge in [0.2, 0.25) is 0 Å². The SMILES string of the molecule is CC1C(NC(=O)OC(C)(C)C)C(=O)N1O. The van der Waals surface area contributed by atoms with E-state index in [9.17, 15) is 9.59 Å². The molecule has 0 radical (unpaired) electrons. The predicted molar refractivity (Wildman–Crippen MR) is 51.3 cm³/mol. The topological polar surface area (TPSA) is 78.9 Å². The van der Waals surface area contributed by atoms with E-state index in [0.29, 0.717) is 5.06 Å². The lowest BCUT2D eigenvalue weighted by molar-refractivity contribution is -0.206. The largest absolute Gasteiger partial charge is 0.444 e. The van der Waals surface area contributed by atoms with E-state index in [1.165, 1.54) is 0 Å². The second-order valence-electron chi connectivity index (χ2n) is 4.55. The van der Waals surface area contributed by atoms with E-state index in [0.717, 1.165) is 0 Å². The van der Waals surface area contributed by atoms with Crippen LogP contribution in [0.1, 0.15) is 27.7 Å². The molecule has 0 aromatic carbocycles. The van der Waals surface area contributed by atoms with Crippen molar-refractivity contribution < 1.29 is 19.5 Å². The van der Waals surface area contributed by atoms with Gasteiger partial charge in [-0.3, -0.25) is 10.0 Å². The first-order chi connectivity index (χ1) is 6.72. The molecule has 0 aromatic rings. The second-order valence-corrected chi connectivity index (χ2v) is 4.55. The van der Waals surface area contributed by atoms with Gasteiger partial charge in [-0.15, -0.1) is 0 Å². The summed E-state index contributed by atoms with van der Waals surface area (Å²) in [5.74, 6) is -0.520. The molecule has 15 heavy (non-hydrogen) atoms. The van der Waals surface area contributed by atoms with Gasteiger partial charge >= 0.3 is 6.09 Å². The van der Waals surface area contributed by atoms with E-state index >= 15 is 0 Å². The zero-order chi connectivity index (χ0) is 11.8. The molecule has 0 bridgehead atoms. The fourth-order valence-electron chi connectivity index (χ4n) is 1.23. The van der Waals surface area contributed by atoms with Gasteiger partial charge in [0.05, 0.1) is 6.04 Å². The number of hydrogen-bond donors (Lipinski definition) is 2. The van der Waals surface area contributed by atoms with Gasteiger partial charge in [0.25, 0.3) is 5.91 Å². The number of carbonyl (C=O) groups excluding carboxylic acids is 2. The van der Waals surface area contributed by atoms with Crippen molar-refractivity contribution in [3.63, 3.8) is 0 Å². The molecule has 0 aromatic heterocycles. The smallest absolute Gasteiger partial charge is 0.408 e. The molecule has 1 rings (SSSR count). The van der Waals surface area contributed by atoms with Gasteiger partial charge in [0.15, 0.2) is 0 Å². The number of alkyl carbamates (subject to hydrolysis) is 1. The molecule has 1 aliphatic heterocycles. The van der Waals surface area contributed by atoms with Crippen LogP contribution in [0, 0.1) is 0 Å².